The molecule has 0 aromatic heterocycles. The highest BCUT2D eigenvalue weighted by atomic mass is 35.5. The molecule has 0 bridgehead atoms. The summed E-state index contributed by atoms with van der Waals surface area (Å²) >= 11 is 0. The standard InChI is InChI=1S/C11H22N2O.2ClH/c14-11(4-2-1-3-5-11)10-13-8-6-12-7-9-13;;/h12,14H,1-10H2;2*1H. The van der Waals surface area contributed by atoms with E-state index in [1.54, 1.807) is 0 Å². The minimum atomic E-state index is -0.365. The lowest BCUT2D eigenvalue weighted by atomic mass is 9.84. The van der Waals surface area contributed by atoms with Crippen LogP contribution >= 0.6 is 24.8 Å². The smallest absolute Gasteiger partial charge is 0.0774 e. The molecule has 16 heavy (non-hydrogen) atoms. The second-order valence-corrected chi connectivity index (χ2v) is 4.81. The van der Waals surface area contributed by atoms with Gasteiger partial charge in [0.15, 0.2) is 0 Å². The van der Waals surface area contributed by atoms with Crippen molar-refractivity contribution in [2.75, 3.05) is 32.7 Å². The summed E-state index contributed by atoms with van der Waals surface area (Å²) in [6, 6.07) is 0. The van der Waals surface area contributed by atoms with Crippen molar-refractivity contribution < 1.29 is 5.11 Å². The Bertz CT molecular complexity index is 181. The van der Waals surface area contributed by atoms with Gasteiger partial charge in [0.25, 0.3) is 0 Å². The number of nitrogens with one attached hydrogen (secondary N) is 1. The largest absolute Gasteiger partial charge is 0.389 e. The first-order valence-electron chi connectivity index (χ1n) is 5.94. The van der Waals surface area contributed by atoms with Crippen LogP contribution in [0.25, 0.3) is 0 Å². The summed E-state index contributed by atoms with van der Waals surface area (Å²) in [4.78, 5) is 2.40. The Hall–Kier alpha value is 0.460. The molecular weight excluding hydrogens is 247 g/mol. The van der Waals surface area contributed by atoms with E-state index in [-0.39, 0.29) is 30.4 Å². The monoisotopic (exact) mass is 270 g/mol. The average molecular weight is 271 g/mol. The third kappa shape index (κ3) is 4.76. The highest BCUT2D eigenvalue weighted by Gasteiger charge is 2.31. The van der Waals surface area contributed by atoms with Gasteiger partial charge in [-0.3, -0.25) is 4.90 Å². The van der Waals surface area contributed by atoms with Crippen LogP contribution in [0.3, 0.4) is 0 Å². The van der Waals surface area contributed by atoms with Crippen LogP contribution in [0, 0.1) is 0 Å². The molecule has 1 saturated carbocycles. The van der Waals surface area contributed by atoms with E-state index < -0.39 is 0 Å². The van der Waals surface area contributed by atoms with Crippen molar-refractivity contribution in [3.63, 3.8) is 0 Å². The zero-order valence-electron chi connectivity index (χ0n) is 9.78. The predicted molar refractivity (Wildman–Crippen MR) is 71.8 cm³/mol. The maximum atomic E-state index is 10.4. The van der Waals surface area contributed by atoms with E-state index in [1.807, 2.05) is 0 Å². The Morgan fingerprint density at radius 1 is 1.00 bits per heavy atom. The number of β-amino-alcohol motifs (C(OH)–C–C–N with tert-alkyl or cyclic N) is 1. The fourth-order valence-corrected chi connectivity index (χ4v) is 2.65. The van der Waals surface area contributed by atoms with Crippen LogP contribution in [0.2, 0.25) is 0 Å². The zero-order chi connectivity index (χ0) is 9.86. The van der Waals surface area contributed by atoms with Crippen LogP contribution in [-0.4, -0.2) is 48.3 Å². The number of hydrogen-bond donors (Lipinski definition) is 2. The Morgan fingerprint density at radius 3 is 2.12 bits per heavy atom. The minimum Gasteiger partial charge on any atom is -0.389 e. The molecule has 1 heterocycles. The summed E-state index contributed by atoms with van der Waals surface area (Å²) in [6.45, 7) is 5.26. The van der Waals surface area contributed by atoms with Gasteiger partial charge in [-0.1, -0.05) is 19.3 Å². The van der Waals surface area contributed by atoms with Crippen molar-refractivity contribution in [1.82, 2.24) is 10.2 Å². The minimum absolute atomic E-state index is 0. The Kier molecular flexibility index (Phi) is 7.94. The fourth-order valence-electron chi connectivity index (χ4n) is 2.65. The summed E-state index contributed by atoms with van der Waals surface area (Å²) in [5, 5.41) is 13.7. The maximum Gasteiger partial charge on any atom is 0.0774 e. The molecule has 0 unspecified atom stereocenters. The molecule has 0 amide bonds. The van der Waals surface area contributed by atoms with Gasteiger partial charge >= 0.3 is 0 Å². The summed E-state index contributed by atoms with van der Waals surface area (Å²) in [5.74, 6) is 0. The topological polar surface area (TPSA) is 35.5 Å². The Labute approximate surface area is 111 Å². The summed E-state index contributed by atoms with van der Waals surface area (Å²) in [7, 11) is 0. The van der Waals surface area contributed by atoms with Gasteiger partial charge in [-0.2, -0.15) is 0 Å². The predicted octanol–water partition coefficient (Wildman–Crippen LogP) is 1.43. The van der Waals surface area contributed by atoms with Crippen molar-refractivity contribution in [1.29, 1.82) is 0 Å². The number of rotatable bonds is 2. The number of halogens is 2. The third-order valence-electron chi connectivity index (χ3n) is 3.51. The van der Waals surface area contributed by atoms with Gasteiger partial charge in [0.05, 0.1) is 5.60 Å². The fraction of sp³-hybridized carbons (Fsp3) is 1.00. The molecule has 1 aliphatic carbocycles. The van der Waals surface area contributed by atoms with Crippen molar-refractivity contribution in [2.45, 2.75) is 37.7 Å². The molecule has 2 aliphatic rings. The lowest BCUT2D eigenvalue weighted by molar-refractivity contribution is -0.0282. The van der Waals surface area contributed by atoms with Crippen LogP contribution in [0.15, 0.2) is 0 Å². The van der Waals surface area contributed by atoms with E-state index in [0.29, 0.717) is 0 Å². The maximum absolute atomic E-state index is 10.4. The molecule has 5 heteroatoms. The molecule has 0 radical (unpaired) electrons. The van der Waals surface area contributed by atoms with Crippen molar-refractivity contribution in [3.05, 3.63) is 0 Å². The van der Waals surface area contributed by atoms with Gasteiger partial charge in [-0.25, -0.2) is 0 Å². The molecule has 3 nitrogen and oxygen atoms in total. The highest BCUT2D eigenvalue weighted by Crippen LogP contribution is 2.28. The van der Waals surface area contributed by atoms with Crippen molar-refractivity contribution >= 4 is 24.8 Å². The molecule has 0 spiro atoms. The number of hydrogen-bond acceptors (Lipinski definition) is 3. The zero-order valence-corrected chi connectivity index (χ0v) is 11.4. The van der Waals surface area contributed by atoms with Gasteiger partial charge in [0.1, 0.15) is 0 Å². The molecule has 0 aromatic carbocycles. The number of nitrogens with zero attached hydrogens (tertiary/aromatic N) is 1. The summed E-state index contributed by atoms with van der Waals surface area (Å²) < 4.78 is 0. The first kappa shape index (κ1) is 16.5. The SMILES string of the molecule is Cl.Cl.OC1(CN2CCNCC2)CCCCC1. The molecule has 2 rings (SSSR count). The van der Waals surface area contributed by atoms with E-state index in [4.69, 9.17) is 0 Å². The van der Waals surface area contributed by atoms with Crippen molar-refractivity contribution in [3.8, 4) is 0 Å². The van der Waals surface area contributed by atoms with Gasteiger partial charge in [-0.15, -0.1) is 24.8 Å². The van der Waals surface area contributed by atoms with E-state index in [1.165, 1.54) is 19.3 Å². The lowest BCUT2D eigenvalue weighted by Gasteiger charge is -2.38. The molecule has 1 aliphatic heterocycles. The van der Waals surface area contributed by atoms with E-state index >= 15 is 0 Å². The highest BCUT2D eigenvalue weighted by molar-refractivity contribution is 5.85. The van der Waals surface area contributed by atoms with Gasteiger partial charge in [0.2, 0.25) is 0 Å². The first-order valence-corrected chi connectivity index (χ1v) is 5.94. The Balaban J connectivity index is 0.00000112. The van der Waals surface area contributed by atoms with Crippen LogP contribution in [0.1, 0.15) is 32.1 Å². The van der Waals surface area contributed by atoms with Crippen LogP contribution < -0.4 is 5.32 Å². The number of piperazine rings is 1. The quantitative estimate of drug-likeness (QED) is 0.797. The van der Waals surface area contributed by atoms with E-state index in [9.17, 15) is 5.11 Å². The van der Waals surface area contributed by atoms with Crippen LogP contribution in [-0.2, 0) is 0 Å². The summed E-state index contributed by atoms with van der Waals surface area (Å²) in [5.41, 5.74) is -0.365. The number of aliphatic hydroxyl groups is 1. The van der Waals surface area contributed by atoms with Crippen molar-refractivity contribution in [2.24, 2.45) is 0 Å². The van der Waals surface area contributed by atoms with Crippen LogP contribution in [0.5, 0.6) is 0 Å². The Morgan fingerprint density at radius 2 is 1.56 bits per heavy atom. The molecule has 0 atom stereocenters. The summed E-state index contributed by atoms with van der Waals surface area (Å²) in [6.07, 6.45) is 5.75. The molecule has 2 fully saturated rings. The second kappa shape index (κ2) is 7.72. The lowest BCUT2D eigenvalue weighted by Crippen LogP contribution is -2.51. The molecule has 98 valence electrons. The van der Waals surface area contributed by atoms with Gasteiger partial charge in [-0.05, 0) is 12.8 Å². The van der Waals surface area contributed by atoms with E-state index in [0.717, 1.165) is 45.6 Å². The van der Waals surface area contributed by atoms with Gasteiger partial charge < -0.3 is 10.4 Å². The second-order valence-electron chi connectivity index (χ2n) is 4.81. The van der Waals surface area contributed by atoms with E-state index in [2.05, 4.69) is 10.2 Å². The third-order valence-corrected chi connectivity index (χ3v) is 3.51. The average Bonchev–Trinajstić information content (AvgIpc) is 2.19. The van der Waals surface area contributed by atoms with Gasteiger partial charge in [0, 0.05) is 32.7 Å². The molecular formula is C11H24Cl2N2O. The normalized spacial score (nSPS) is 25.3. The molecule has 2 N–H and O–H groups in total. The van der Waals surface area contributed by atoms with Crippen LogP contribution in [0.4, 0.5) is 0 Å². The first-order chi connectivity index (χ1) is 6.79. The molecule has 1 saturated heterocycles. The molecule has 0 aromatic rings.